The van der Waals surface area contributed by atoms with E-state index in [1.807, 2.05) is 0 Å². The van der Waals surface area contributed by atoms with Gasteiger partial charge in [0.15, 0.2) is 5.78 Å². The van der Waals surface area contributed by atoms with E-state index in [2.05, 4.69) is 0 Å². The summed E-state index contributed by atoms with van der Waals surface area (Å²) in [6, 6.07) is 5.33. The minimum atomic E-state index is -1.04. The summed E-state index contributed by atoms with van der Waals surface area (Å²) in [5, 5.41) is 9.22. The minimum absolute atomic E-state index is 0.0852. The first kappa shape index (κ1) is 15.2. The van der Waals surface area contributed by atoms with Crippen LogP contribution < -0.4 is 0 Å². The van der Waals surface area contributed by atoms with Gasteiger partial charge >= 0.3 is 5.97 Å². The Hall–Kier alpha value is -2.21. The minimum Gasteiger partial charge on any atom is -0.480 e. The monoisotopic (exact) mass is 291 g/mol. The van der Waals surface area contributed by atoms with Crippen molar-refractivity contribution in [3.8, 4) is 0 Å². The van der Waals surface area contributed by atoms with Crippen LogP contribution >= 0.6 is 0 Å². The zero-order chi connectivity index (χ0) is 15.6. The maximum Gasteiger partial charge on any atom is 0.326 e. The maximum absolute atomic E-state index is 12.4. The Balaban J connectivity index is 2.21. The SMILES string of the molecule is COC1CC(C(=O)O)N(C(=O)c2ccc(C(C)=O)cc2)C1. The van der Waals surface area contributed by atoms with Crippen LogP contribution in [0, 0.1) is 0 Å². The molecule has 0 spiro atoms. The van der Waals surface area contributed by atoms with Gasteiger partial charge in [0.25, 0.3) is 5.91 Å². The van der Waals surface area contributed by atoms with Crippen LogP contribution in [0.1, 0.15) is 34.1 Å². The highest BCUT2D eigenvalue weighted by atomic mass is 16.5. The van der Waals surface area contributed by atoms with E-state index in [0.717, 1.165) is 0 Å². The van der Waals surface area contributed by atoms with Crippen molar-refractivity contribution < 1.29 is 24.2 Å². The molecule has 0 aromatic heterocycles. The molecule has 1 aliphatic rings. The molecule has 2 rings (SSSR count). The molecular weight excluding hydrogens is 274 g/mol. The Labute approximate surface area is 122 Å². The highest BCUT2D eigenvalue weighted by Crippen LogP contribution is 2.23. The Morgan fingerprint density at radius 2 is 1.76 bits per heavy atom. The van der Waals surface area contributed by atoms with Crippen molar-refractivity contribution >= 4 is 17.7 Å². The van der Waals surface area contributed by atoms with Gasteiger partial charge in [-0.2, -0.15) is 0 Å². The number of aliphatic carboxylic acids is 1. The van der Waals surface area contributed by atoms with Crippen LogP contribution in [0.5, 0.6) is 0 Å². The zero-order valence-electron chi connectivity index (χ0n) is 11.9. The second-order valence-electron chi connectivity index (χ2n) is 5.04. The largest absolute Gasteiger partial charge is 0.480 e. The average molecular weight is 291 g/mol. The number of likely N-dealkylation sites (tertiary alicyclic amines) is 1. The average Bonchev–Trinajstić information content (AvgIpc) is 2.91. The van der Waals surface area contributed by atoms with Crippen LogP contribution in [0.15, 0.2) is 24.3 Å². The molecule has 0 radical (unpaired) electrons. The third kappa shape index (κ3) is 3.11. The number of methoxy groups -OCH3 is 1. The molecule has 0 aliphatic carbocycles. The standard InChI is InChI=1S/C15H17NO5/c1-9(17)10-3-5-11(6-4-10)14(18)16-8-12(21-2)7-13(16)15(19)20/h3-6,12-13H,7-8H2,1-2H3,(H,19,20). The fourth-order valence-electron chi connectivity index (χ4n) is 2.44. The number of ketones is 1. The molecule has 1 fully saturated rings. The number of carboxylic acid groups (broad SMARTS) is 1. The summed E-state index contributed by atoms with van der Waals surface area (Å²) in [4.78, 5) is 36.2. The van der Waals surface area contributed by atoms with Crippen LogP contribution in [-0.4, -0.2) is 53.5 Å². The van der Waals surface area contributed by atoms with Crippen molar-refractivity contribution in [1.29, 1.82) is 0 Å². The molecule has 2 atom stereocenters. The van der Waals surface area contributed by atoms with E-state index in [1.165, 1.54) is 31.1 Å². The van der Waals surface area contributed by atoms with Crippen LogP contribution in [0.2, 0.25) is 0 Å². The molecule has 6 nitrogen and oxygen atoms in total. The number of ether oxygens (including phenoxy) is 1. The van der Waals surface area contributed by atoms with E-state index < -0.39 is 12.0 Å². The number of amides is 1. The molecule has 2 unspecified atom stereocenters. The second kappa shape index (κ2) is 6.05. The molecule has 6 heteroatoms. The van der Waals surface area contributed by atoms with E-state index in [9.17, 15) is 19.5 Å². The van der Waals surface area contributed by atoms with E-state index in [-0.39, 0.29) is 30.8 Å². The van der Waals surface area contributed by atoms with Crippen molar-refractivity contribution in [3.05, 3.63) is 35.4 Å². The van der Waals surface area contributed by atoms with Crippen molar-refractivity contribution in [2.24, 2.45) is 0 Å². The Bertz CT molecular complexity index is 566. The number of nitrogens with zero attached hydrogens (tertiary/aromatic N) is 1. The molecule has 1 aromatic rings. The predicted octanol–water partition coefficient (Wildman–Crippen LogP) is 1.20. The molecule has 1 N–H and O–H groups in total. The van der Waals surface area contributed by atoms with E-state index in [4.69, 9.17) is 4.74 Å². The van der Waals surface area contributed by atoms with Crippen molar-refractivity contribution in [1.82, 2.24) is 4.90 Å². The summed E-state index contributed by atoms with van der Waals surface area (Å²) in [7, 11) is 1.50. The highest BCUT2D eigenvalue weighted by molar-refractivity contribution is 5.99. The zero-order valence-corrected chi connectivity index (χ0v) is 11.9. The number of benzene rings is 1. The lowest BCUT2D eigenvalue weighted by molar-refractivity contribution is -0.141. The molecule has 1 amide bonds. The molecular formula is C15H17NO5. The van der Waals surface area contributed by atoms with Crippen molar-refractivity contribution in [2.45, 2.75) is 25.5 Å². The molecule has 0 bridgehead atoms. The first-order chi connectivity index (χ1) is 9.93. The Morgan fingerprint density at radius 3 is 2.24 bits per heavy atom. The van der Waals surface area contributed by atoms with Crippen LogP contribution in [0.3, 0.4) is 0 Å². The third-order valence-corrected chi connectivity index (χ3v) is 3.68. The van der Waals surface area contributed by atoms with Gasteiger partial charge in [0.05, 0.1) is 6.10 Å². The highest BCUT2D eigenvalue weighted by Gasteiger charge is 2.40. The van der Waals surface area contributed by atoms with Gasteiger partial charge in [-0.05, 0) is 19.1 Å². The molecule has 1 heterocycles. The fraction of sp³-hybridized carbons (Fsp3) is 0.400. The van der Waals surface area contributed by atoms with Crippen molar-refractivity contribution in [2.75, 3.05) is 13.7 Å². The maximum atomic E-state index is 12.4. The van der Waals surface area contributed by atoms with Gasteiger partial charge in [-0.1, -0.05) is 12.1 Å². The lowest BCUT2D eigenvalue weighted by Gasteiger charge is -2.21. The van der Waals surface area contributed by atoms with E-state index in [1.54, 1.807) is 12.1 Å². The summed E-state index contributed by atoms with van der Waals surface area (Å²) >= 11 is 0. The molecule has 112 valence electrons. The predicted molar refractivity (Wildman–Crippen MR) is 74.3 cm³/mol. The number of rotatable bonds is 4. The number of hydrogen-bond acceptors (Lipinski definition) is 4. The molecule has 21 heavy (non-hydrogen) atoms. The van der Waals surface area contributed by atoms with Gasteiger partial charge in [0, 0.05) is 31.2 Å². The van der Waals surface area contributed by atoms with Crippen LogP contribution in [-0.2, 0) is 9.53 Å². The molecule has 0 saturated carbocycles. The van der Waals surface area contributed by atoms with E-state index in [0.29, 0.717) is 11.1 Å². The molecule has 1 saturated heterocycles. The third-order valence-electron chi connectivity index (χ3n) is 3.68. The van der Waals surface area contributed by atoms with Crippen molar-refractivity contribution in [3.63, 3.8) is 0 Å². The number of carbonyl (C=O) groups excluding carboxylic acids is 2. The second-order valence-corrected chi connectivity index (χ2v) is 5.04. The summed E-state index contributed by atoms with van der Waals surface area (Å²) in [6.07, 6.45) is 0.00914. The first-order valence-corrected chi connectivity index (χ1v) is 6.61. The lowest BCUT2D eigenvalue weighted by atomic mass is 10.1. The summed E-state index contributed by atoms with van der Waals surface area (Å²) in [6.45, 7) is 1.70. The van der Waals surface area contributed by atoms with Gasteiger partial charge in [0.1, 0.15) is 6.04 Å². The van der Waals surface area contributed by atoms with Gasteiger partial charge in [0.2, 0.25) is 0 Å². The van der Waals surface area contributed by atoms with Gasteiger partial charge in [-0.15, -0.1) is 0 Å². The van der Waals surface area contributed by atoms with E-state index >= 15 is 0 Å². The fourth-order valence-corrected chi connectivity index (χ4v) is 2.44. The lowest BCUT2D eigenvalue weighted by Crippen LogP contribution is -2.40. The normalized spacial score (nSPS) is 21.3. The topological polar surface area (TPSA) is 83.9 Å². The number of hydrogen-bond donors (Lipinski definition) is 1. The Kier molecular flexibility index (Phi) is 4.37. The molecule has 1 aliphatic heterocycles. The first-order valence-electron chi connectivity index (χ1n) is 6.61. The number of carbonyl (C=O) groups is 3. The molecule has 1 aromatic carbocycles. The van der Waals surface area contributed by atoms with Crippen LogP contribution in [0.25, 0.3) is 0 Å². The summed E-state index contributed by atoms with van der Waals surface area (Å²) in [5.41, 5.74) is 0.875. The smallest absolute Gasteiger partial charge is 0.326 e. The number of Topliss-reactive ketones (excluding diaryl/α,β-unsaturated/α-hetero) is 1. The Morgan fingerprint density at radius 1 is 1.19 bits per heavy atom. The quantitative estimate of drug-likeness (QED) is 0.843. The summed E-state index contributed by atoms with van der Waals surface area (Å²) in [5.74, 6) is -1.49. The van der Waals surface area contributed by atoms with Crippen LogP contribution in [0.4, 0.5) is 0 Å². The van der Waals surface area contributed by atoms with Gasteiger partial charge in [-0.3, -0.25) is 9.59 Å². The number of carboxylic acids is 1. The summed E-state index contributed by atoms with van der Waals surface area (Å²) < 4.78 is 5.16. The van der Waals surface area contributed by atoms with Gasteiger partial charge in [-0.25, -0.2) is 4.79 Å². The van der Waals surface area contributed by atoms with Gasteiger partial charge < -0.3 is 14.7 Å².